The molecule has 88 valence electrons. The van der Waals surface area contributed by atoms with Crippen LogP contribution in [0.25, 0.3) is 0 Å². The van der Waals surface area contributed by atoms with Crippen LogP contribution in [0, 0.1) is 0 Å². The van der Waals surface area contributed by atoms with Gasteiger partial charge in [0.25, 0.3) is 0 Å². The summed E-state index contributed by atoms with van der Waals surface area (Å²) in [6, 6.07) is 0. The lowest BCUT2D eigenvalue weighted by Gasteiger charge is -2.35. The first kappa shape index (κ1) is 13.9. The summed E-state index contributed by atoms with van der Waals surface area (Å²) in [5.74, 6) is -1.42. The number of quaternary nitrogens is 1. The fourth-order valence-electron chi connectivity index (χ4n) is 1.79. The van der Waals surface area contributed by atoms with Crippen LogP contribution in [-0.2, 0) is 14.3 Å². The van der Waals surface area contributed by atoms with Crippen molar-refractivity contribution >= 4 is 11.9 Å². The maximum absolute atomic E-state index is 10.9. The van der Waals surface area contributed by atoms with Gasteiger partial charge < -0.3 is 14.3 Å². The summed E-state index contributed by atoms with van der Waals surface area (Å²) >= 11 is 0. The zero-order valence-electron chi connectivity index (χ0n) is 10.0. The van der Waals surface area contributed by atoms with Gasteiger partial charge in [-0.25, -0.2) is 0 Å². The van der Waals surface area contributed by atoms with E-state index < -0.39 is 17.5 Å². The van der Waals surface area contributed by atoms with Crippen LogP contribution in [0.3, 0.4) is 0 Å². The molecule has 15 heavy (non-hydrogen) atoms. The normalized spacial score (nSPS) is 15.5. The second kappa shape index (κ2) is 4.61. The quantitative estimate of drug-likeness (QED) is 0.539. The van der Waals surface area contributed by atoms with Crippen LogP contribution in [-0.4, -0.2) is 54.8 Å². The Labute approximate surface area is 90.2 Å². The summed E-state index contributed by atoms with van der Waals surface area (Å²) in [6.45, 7) is 3.39. The van der Waals surface area contributed by atoms with E-state index in [1.54, 1.807) is 6.92 Å². The Balaban J connectivity index is 4.69. The van der Waals surface area contributed by atoms with Crippen LogP contribution in [0.15, 0.2) is 0 Å². The maximum atomic E-state index is 10.9. The molecular weight excluding hydrogens is 198 g/mol. The number of esters is 1. The molecule has 0 aliphatic heterocycles. The molecule has 0 amide bonds. The van der Waals surface area contributed by atoms with Gasteiger partial charge in [-0.2, -0.15) is 0 Å². The van der Waals surface area contributed by atoms with E-state index in [-0.39, 0.29) is 6.42 Å². The molecule has 0 rings (SSSR count). The molecule has 0 spiro atoms. The molecule has 0 heterocycles. The van der Waals surface area contributed by atoms with Crippen molar-refractivity contribution in [2.75, 3.05) is 27.7 Å². The lowest BCUT2D eigenvalue weighted by atomic mass is 10.0. The van der Waals surface area contributed by atoms with Crippen LogP contribution < -0.4 is 0 Å². The number of ether oxygens (including phenoxy) is 1. The van der Waals surface area contributed by atoms with Crippen molar-refractivity contribution in [2.45, 2.75) is 25.9 Å². The predicted molar refractivity (Wildman–Crippen MR) is 55.3 cm³/mol. The van der Waals surface area contributed by atoms with E-state index in [0.29, 0.717) is 11.0 Å². The number of aliphatic carboxylic acids is 1. The van der Waals surface area contributed by atoms with E-state index >= 15 is 0 Å². The third-order valence-corrected chi connectivity index (χ3v) is 1.72. The van der Waals surface area contributed by atoms with Gasteiger partial charge in [0.15, 0.2) is 5.60 Å². The highest BCUT2D eigenvalue weighted by Gasteiger charge is 2.36. The molecule has 1 atom stereocenters. The molecule has 1 unspecified atom stereocenters. The van der Waals surface area contributed by atoms with Crippen molar-refractivity contribution in [1.82, 2.24) is 0 Å². The Morgan fingerprint density at radius 1 is 1.33 bits per heavy atom. The van der Waals surface area contributed by atoms with Crippen molar-refractivity contribution in [1.29, 1.82) is 0 Å². The molecule has 5 heteroatoms. The van der Waals surface area contributed by atoms with Crippen molar-refractivity contribution in [2.24, 2.45) is 0 Å². The maximum Gasteiger partial charge on any atom is 0.307 e. The monoisotopic (exact) mass is 218 g/mol. The molecule has 0 radical (unpaired) electrons. The van der Waals surface area contributed by atoms with Gasteiger partial charge in [-0.05, 0) is 6.92 Å². The molecule has 0 saturated carbocycles. The molecule has 0 fully saturated rings. The van der Waals surface area contributed by atoms with Crippen LogP contribution in [0.5, 0.6) is 0 Å². The van der Waals surface area contributed by atoms with Gasteiger partial charge >= 0.3 is 11.9 Å². The average molecular weight is 218 g/mol. The smallest absolute Gasteiger partial charge is 0.307 e. The van der Waals surface area contributed by atoms with E-state index in [2.05, 4.69) is 0 Å². The van der Waals surface area contributed by atoms with Gasteiger partial charge in [0.05, 0.1) is 27.6 Å². The number of carbonyl (C=O) groups is 2. The SMILES string of the molecule is CC(=O)OC(C)(CC(=O)O)C[N+](C)(C)C. The van der Waals surface area contributed by atoms with Gasteiger partial charge in [0, 0.05) is 6.92 Å². The van der Waals surface area contributed by atoms with E-state index in [0.717, 1.165) is 0 Å². The van der Waals surface area contributed by atoms with Gasteiger partial charge in [0.1, 0.15) is 6.54 Å². The van der Waals surface area contributed by atoms with Gasteiger partial charge in [-0.1, -0.05) is 0 Å². The second-order valence-electron chi connectivity index (χ2n) is 5.06. The number of carbonyl (C=O) groups excluding carboxylic acids is 1. The van der Waals surface area contributed by atoms with Crippen molar-refractivity contribution < 1.29 is 23.9 Å². The molecule has 0 aromatic carbocycles. The number of carboxylic acid groups (broad SMARTS) is 1. The van der Waals surface area contributed by atoms with Crippen molar-refractivity contribution in [3.63, 3.8) is 0 Å². The highest BCUT2D eigenvalue weighted by atomic mass is 16.6. The van der Waals surface area contributed by atoms with E-state index in [4.69, 9.17) is 9.84 Å². The Hall–Kier alpha value is -1.10. The second-order valence-corrected chi connectivity index (χ2v) is 5.06. The minimum absolute atomic E-state index is 0.178. The van der Waals surface area contributed by atoms with Gasteiger partial charge in [-0.15, -0.1) is 0 Å². The number of carboxylic acids is 1. The number of rotatable bonds is 5. The van der Waals surface area contributed by atoms with Crippen LogP contribution >= 0.6 is 0 Å². The van der Waals surface area contributed by atoms with Crippen LogP contribution in [0.2, 0.25) is 0 Å². The van der Waals surface area contributed by atoms with Gasteiger partial charge in [-0.3, -0.25) is 9.59 Å². The van der Waals surface area contributed by atoms with E-state index in [1.165, 1.54) is 6.92 Å². The zero-order valence-corrected chi connectivity index (χ0v) is 10.0. The number of likely N-dealkylation sites (N-methyl/N-ethyl adjacent to an activating group) is 1. The molecule has 1 N–H and O–H groups in total. The van der Waals surface area contributed by atoms with E-state index in [1.807, 2.05) is 21.1 Å². The lowest BCUT2D eigenvalue weighted by molar-refractivity contribution is -0.876. The molecule has 5 nitrogen and oxygen atoms in total. The summed E-state index contributed by atoms with van der Waals surface area (Å²) < 4.78 is 5.63. The lowest BCUT2D eigenvalue weighted by Crippen LogP contribution is -2.50. The van der Waals surface area contributed by atoms with Crippen molar-refractivity contribution in [3.8, 4) is 0 Å². The Morgan fingerprint density at radius 2 is 1.80 bits per heavy atom. The Morgan fingerprint density at radius 3 is 2.07 bits per heavy atom. The van der Waals surface area contributed by atoms with Crippen molar-refractivity contribution in [3.05, 3.63) is 0 Å². The van der Waals surface area contributed by atoms with Gasteiger partial charge in [0.2, 0.25) is 0 Å². The fraction of sp³-hybridized carbons (Fsp3) is 0.800. The summed E-state index contributed by atoms with van der Waals surface area (Å²) in [6.07, 6.45) is -0.178. The first-order chi connectivity index (χ1) is 6.54. The standard InChI is InChI=1S/C10H19NO4/c1-8(12)15-10(2,6-9(13)14)7-11(3,4)5/h6-7H2,1-5H3/p+1. The Kier molecular flexibility index (Phi) is 4.27. The minimum atomic E-state index is -0.966. The number of nitrogens with zero attached hydrogens (tertiary/aromatic N) is 1. The molecule has 0 saturated heterocycles. The topological polar surface area (TPSA) is 63.6 Å². The first-order valence-electron chi connectivity index (χ1n) is 4.76. The molecule has 0 aromatic heterocycles. The number of hydrogen-bond acceptors (Lipinski definition) is 3. The molecular formula is C10H20NO4+. The summed E-state index contributed by atoms with van der Waals surface area (Å²) in [5, 5.41) is 8.76. The molecule has 0 aliphatic rings. The largest absolute Gasteiger partial charge is 0.481 e. The highest BCUT2D eigenvalue weighted by Crippen LogP contribution is 2.19. The fourth-order valence-corrected chi connectivity index (χ4v) is 1.79. The predicted octanol–water partition coefficient (Wildman–Crippen LogP) is 0.489. The van der Waals surface area contributed by atoms with E-state index in [9.17, 15) is 9.59 Å². The summed E-state index contributed by atoms with van der Waals surface area (Å²) in [7, 11) is 5.76. The highest BCUT2D eigenvalue weighted by molar-refractivity contribution is 5.70. The zero-order chi connectivity index (χ0) is 12.3. The molecule has 0 bridgehead atoms. The summed E-state index contributed by atoms with van der Waals surface area (Å²) in [4.78, 5) is 21.6. The number of hydrogen-bond donors (Lipinski definition) is 1. The minimum Gasteiger partial charge on any atom is -0.481 e. The third kappa shape index (κ3) is 6.90. The average Bonchev–Trinajstić information content (AvgIpc) is 1.73. The summed E-state index contributed by atoms with van der Waals surface area (Å²) in [5.41, 5.74) is -0.948. The Bertz CT molecular complexity index is 239. The third-order valence-electron chi connectivity index (χ3n) is 1.72. The van der Waals surface area contributed by atoms with Crippen LogP contribution in [0.4, 0.5) is 0 Å². The van der Waals surface area contributed by atoms with Crippen LogP contribution in [0.1, 0.15) is 20.3 Å². The molecule has 0 aliphatic carbocycles. The molecule has 0 aromatic rings. The first-order valence-corrected chi connectivity index (χ1v) is 4.76.